The van der Waals surface area contributed by atoms with Gasteiger partial charge in [0.25, 0.3) is 0 Å². The van der Waals surface area contributed by atoms with Gasteiger partial charge in [-0.25, -0.2) is 0 Å². The van der Waals surface area contributed by atoms with E-state index in [-0.39, 0.29) is 0 Å². The highest BCUT2D eigenvalue weighted by atomic mass is 35.5. The molecule has 0 unspecified atom stereocenters. The average Bonchev–Trinajstić information content (AvgIpc) is 2.71. The first kappa shape index (κ1) is 13.1. The monoisotopic (exact) mass is 289 g/mol. The normalized spacial score (nSPS) is 13.7. The van der Waals surface area contributed by atoms with E-state index in [9.17, 15) is 0 Å². The molecule has 0 amide bonds. The van der Waals surface area contributed by atoms with Crippen LogP contribution in [0.15, 0.2) is 42.5 Å². The number of ether oxygens (including phenoxy) is 2. The number of fused-ring (bicyclic) bond motifs is 1. The van der Waals surface area contributed by atoms with E-state index < -0.39 is 0 Å². The first-order chi connectivity index (χ1) is 9.81. The van der Waals surface area contributed by atoms with Crippen molar-refractivity contribution < 1.29 is 9.47 Å². The van der Waals surface area contributed by atoms with E-state index in [4.69, 9.17) is 21.1 Å². The maximum atomic E-state index is 5.87. The molecule has 2 aromatic rings. The molecule has 1 N–H and O–H groups in total. The molecule has 0 saturated carbocycles. The van der Waals surface area contributed by atoms with Crippen molar-refractivity contribution in [2.24, 2.45) is 0 Å². The molecule has 0 spiro atoms. The maximum Gasteiger partial charge on any atom is 0.161 e. The zero-order chi connectivity index (χ0) is 13.8. The molecule has 0 aliphatic carbocycles. The van der Waals surface area contributed by atoms with E-state index in [1.54, 1.807) is 0 Å². The summed E-state index contributed by atoms with van der Waals surface area (Å²) in [5.74, 6) is 1.66. The highest BCUT2D eigenvalue weighted by molar-refractivity contribution is 6.30. The summed E-state index contributed by atoms with van der Waals surface area (Å²) in [5, 5.41) is 4.10. The number of hydrogen-bond donors (Lipinski definition) is 1. The molecule has 0 bridgehead atoms. The predicted octanol–water partition coefficient (Wildman–Crippen LogP) is 4.11. The Bertz CT molecular complexity index is 584. The van der Waals surface area contributed by atoms with Crippen LogP contribution in [0.5, 0.6) is 11.5 Å². The van der Waals surface area contributed by atoms with Crippen LogP contribution in [0.1, 0.15) is 12.0 Å². The lowest BCUT2D eigenvalue weighted by Crippen LogP contribution is -2.00. The van der Waals surface area contributed by atoms with Gasteiger partial charge in [-0.15, -0.1) is 0 Å². The van der Waals surface area contributed by atoms with Crippen molar-refractivity contribution in [3.05, 3.63) is 53.1 Å². The van der Waals surface area contributed by atoms with Gasteiger partial charge >= 0.3 is 0 Å². The molecule has 2 aromatic carbocycles. The zero-order valence-corrected chi connectivity index (χ0v) is 11.8. The van der Waals surface area contributed by atoms with E-state index in [0.717, 1.165) is 47.3 Å². The minimum Gasteiger partial charge on any atom is -0.490 e. The number of anilines is 1. The topological polar surface area (TPSA) is 30.5 Å². The van der Waals surface area contributed by atoms with Gasteiger partial charge in [0.2, 0.25) is 0 Å². The summed E-state index contributed by atoms with van der Waals surface area (Å²) in [6.07, 6.45) is 0.924. The van der Waals surface area contributed by atoms with Crippen molar-refractivity contribution in [2.45, 2.75) is 13.0 Å². The molecule has 1 aliphatic heterocycles. The first-order valence-corrected chi connectivity index (χ1v) is 7.07. The van der Waals surface area contributed by atoms with E-state index in [1.165, 1.54) is 0 Å². The third kappa shape index (κ3) is 3.17. The van der Waals surface area contributed by atoms with Crippen LogP contribution in [0.3, 0.4) is 0 Å². The minimum absolute atomic E-state index is 0.709. The molecule has 0 atom stereocenters. The van der Waals surface area contributed by atoms with Crippen molar-refractivity contribution in [1.29, 1.82) is 0 Å². The standard InChI is InChI=1S/C16H16ClNO2/c17-13-3-5-14(6-4-13)18-11-12-2-7-15-16(10-12)20-9-1-8-19-15/h2-7,10,18H,1,8-9,11H2. The summed E-state index contributed by atoms with van der Waals surface area (Å²) >= 11 is 5.87. The maximum absolute atomic E-state index is 5.87. The van der Waals surface area contributed by atoms with Crippen LogP contribution in [0, 0.1) is 0 Å². The van der Waals surface area contributed by atoms with Crippen LogP contribution < -0.4 is 14.8 Å². The van der Waals surface area contributed by atoms with E-state index in [1.807, 2.05) is 36.4 Å². The van der Waals surface area contributed by atoms with Crippen molar-refractivity contribution >= 4 is 17.3 Å². The fraction of sp³-hybridized carbons (Fsp3) is 0.250. The van der Waals surface area contributed by atoms with Crippen LogP contribution in [0.25, 0.3) is 0 Å². The Balaban J connectivity index is 1.68. The third-order valence-electron chi connectivity index (χ3n) is 3.15. The lowest BCUT2D eigenvalue weighted by molar-refractivity contribution is 0.297. The van der Waals surface area contributed by atoms with Crippen LogP contribution in [-0.4, -0.2) is 13.2 Å². The second-order valence-corrected chi connectivity index (χ2v) is 5.13. The molecule has 104 valence electrons. The van der Waals surface area contributed by atoms with Crippen LogP contribution >= 0.6 is 11.6 Å². The molecule has 3 nitrogen and oxygen atoms in total. The molecule has 1 aliphatic rings. The zero-order valence-electron chi connectivity index (χ0n) is 11.1. The van der Waals surface area contributed by atoms with Crippen LogP contribution in [0.2, 0.25) is 5.02 Å². The fourth-order valence-electron chi connectivity index (χ4n) is 2.09. The van der Waals surface area contributed by atoms with Crippen molar-refractivity contribution in [2.75, 3.05) is 18.5 Å². The molecule has 4 heteroatoms. The number of hydrogen-bond acceptors (Lipinski definition) is 3. The molecular formula is C16H16ClNO2. The molecule has 0 fully saturated rings. The summed E-state index contributed by atoms with van der Waals surface area (Å²) in [4.78, 5) is 0. The van der Waals surface area contributed by atoms with Crippen LogP contribution in [-0.2, 0) is 6.54 Å². The van der Waals surface area contributed by atoms with Gasteiger partial charge in [-0.3, -0.25) is 0 Å². The Morgan fingerprint density at radius 2 is 1.70 bits per heavy atom. The van der Waals surface area contributed by atoms with Gasteiger partial charge in [-0.1, -0.05) is 17.7 Å². The SMILES string of the molecule is Clc1ccc(NCc2ccc3c(c2)OCCCO3)cc1. The fourth-order valence-corrected chi connectivity index (χ4v) is 2.22. The van der Waals surface area contributed by atoms with Gasteiger partial charge in [0, 0.05) is 23.7 Å². The Morgan fingerprint density at radius 1 is 0.950 bits per heavy atom. The molecule has 0 saturated heterocycles. The number of halogens is 1. The second-order valence-electron chi connectivity index (χ2n) is 4.69. The summed E-state index contributed by atoms with van der Waals surface area (Å²) in [5.41, 5.74) is 2.20. The highest BCUT2D eigenvalue weighted by Crippen LogP contribution is 2.30. The number of rotatable bonds is 3. The Kier molecular flexibility index (Phi) is 3.97. The molecule has 3 rings (SSSR count). The summed E-state index contributed by atoms with van der Waals surface area (Å²) in [6, 6.07) is 13.7. The van der Waals surface area contributed by atoms with Crippen molar-refractivity contribution in [1.82, 2.24) is 0 Å². The van der Waals surface area contributed by atoms with Gasteiger partial charge < -0.3 is 14.8 Å². The second kappa shape index (κ2) is 6.06. The quantitative estimate of drug-likeness (QED) is 0.922. The number of benzene rings is 2. The third-order valence-corrected chi connectivity index (χ3v) is 3.40. The molecular weight excluding hydrogens is 274 g/mol. The Hall–Kier alpha value is -1.87. The predicted molar refractivity (Wildman–Crippen MR) is 80.8 cm³/mol. The van der Waals surface area contributed by atoms with Gasteiger partial charge in [0.05, 0.1) is 13.2 Å². The average molecular weight is 290 g/mol. The lowest BCUT2D eigenvalue weighted by atomic mass is 10.2. The molecule has 1 heterocycles. The highest BCUT2D eigenvalue weighted by Gasteiger charge is 2.10. The summed E-state index contributed by atoms with van der Waals surface area (Å²) < 4.78 is 11.3. The van der Waals surface area contributed by atoms with Gasteiger partial charge in [0.15, 0.2) is 11.5 Å². The lowest BCUT2D eigenvalue weighted by Gasteiger charge is -2.11. The summed E-state index contributed by atoms with van der Waals surface area (Å²) in [7, 11) is 0. The first-order valence-electron chi connectivity index (χ1n) is 6.69. The molecule has 0 aromatic heterocycles. The van der Waals surface area contributed by atoms with E-state index in [0.29, 0.717) is 6.61 Å². The van der Waals surface area contributed by atoms with Gasteiger partial charge in [-0.2, -0.15) is 0 Å². The van der Waals surface area contributed by atoms with Crippen LogP contribution in [0.4, 0.5) is 5.69 Å². The van der Waals surface area contributed by atoms with Gasteiger partial charge in [-0.05, 0) is 42.0 Å². The Morgan fingerprint density at radius 3 is 2.50 bits per heavy atom. The smallest absolute Gasteiger partial charge is 0.161 e. The van der Waals surface area contributed by atoms with Gasteiger partial charge in [0.1, 0.15) is 0 Å². The Labute approximate surface area is 123 Å². The van der Waals surface area contributed by atoms with E-state index in [2.05, 4.69) is 11.4 Å². The largest absolute Gasteiger partial charge is 0.490 e. The minimum atomic E-state index is 0.709. The molecule has 20 heavy (non-hydrogen) atoms. The summed E-state index contributed by atoms with van der Waals surface area (Å²) in [6.45, 7) is 2.16. The van der Waals surface area contributed by atoms with E-state index >= 15 is 0 Å². The molecule has 0 radical (unpaired) electrons. The number of nitrogens with one attached hydrogen (secondary N) is 1. The van der Waals surface area contributed by atoms with Crippen molar-refractivity contribution in [3.8, 4) is 11.5 Å². The van der Waals surface area contributed by atoms with Crippen molar-refractivity contribution in [3.63, 3.8) is 0 Å².